The highest BCUT2D eigenvalue weighted by Gasteiger charge is 2.63. The summed E-state index contributed by atoms with van der Waals surface area (Å²) < 4.78 is 6.32. The second-order valence-electron chi connectivity index (χ2n) is 10.3. The highest BCUT2D eigenvalue weighted by atomic mass is 32.2. The highest BCUT2D eigenvalue weighted by molar-refractivity contribution is 8.01. The Hall–Kier alpha value is -2.74. The number of hydrogen-bond acceptors (Lipinski definition) is 10. The molecule has 5 atom stereocenters. The number of rotatable bonds is 9. The van der Waals surface area contributed by atoms with E-state index in [2.05, 4.69) is 26.2 Å². The number of ether oxygens (including phenoxy) is 1. The van der Waals surface area contributed by atoms with Crippen LogP contribution in [0, 0.1) is 5.92 Å². The van der Waals surface area contributed by atoms with E-state index < -0.39 is 35.0 Å². The lowest BCUT2D eigenvalue weighted by molar-refractivity contribution is -0.155. The Labute approximate surface area is 220 Å². The molecule has 3 fully saturated rings. The molecule has 0 aromatic carbocycles. The predicted molar refractivity (Wildman–Crippen MR) is 133 cm³/mol. The molecule has 14 heteroatoms. The van der Waals surface area contributed by atoms with Crippen LogP contribution in [0.4, 0.5) is 0 Å². The molecule has 2 aliphatic heterocycles. The minimum Gasteiger partial charge on any atom is -0.440 e. The standard InChI is InChI=1S/C23H36N8O5S/c1-5-15(33)36-12(2)31-19(27-28-29-31)18-23(3,4)37-22-17(21(35)30(18)22)26-20(34)16(25-14(32)11-24)13-9-7-6-8-10-13/h12-13,16-18,22H,5-11,24H2,1-4H3,(H,25,32)(H,26,34). The first kappa shape index (κ1) is 27.3. The van der Waals surface area contributed by atoms with Crippen molar-refractivity contribution < 1.29 is 23.9 Å². The number of esters is 1. The summed E-state index contributed by atoms with van der Waals surface area (Å²) in [7, 11) is 0. The fourth-order valence-electron chi connectivity index (χ4n) is 5.47. The maximum absolute atomic E-state index is 13.4. The molecule has 5 unspecified atom stereocenters. The first-order valence-electron chi connectivity index (χ1n) is 12.9. The molecule has 3 amide bonds. The van der Waals surface area contributed by atoms with Crippen LogP contribution in [0.1, 0.15) is 84.3 Å². The number of nitrogens with two attached hydrogens (primary N) is 1. The molecule has 3 aliphatic rings. The maximum Gasteiger partial charge on any atom is 0.307 e. The molecule has 3 heterocycles. The van der Waals surface area contributed by atoms with Crippen molar-refractivity contribution in [2.45, 2.75) is 101 Å². The van der Waals surface area contributed by atoms with E-state index in [9.17, 15) is 19.2 Å². The van der Waals surface area contributed by atoms with Gasteiger partial charge in [0.25, 0.3) is 0 Å². The van der Waals surface area contributed by atoms with E-state index in [1.54, 1.807) is 30.5 Å². The van der Waals surface area contributed by atoms with Gasteiger partial charge >= 0.3 is 5.97 Å². The largest absolute Gasteiger partial charge is 0.440 e. The number of nitrogens with one attached hydrogen (secondary N) is 2. The average Bonchev–Trinajstić information content (AvgIpc) is 3.46. The Morgan fingerprint density at radius 1 is 1.24 bits per heavy atom. The maximum atomic E-state index is 13.4. The zero-order valence-corrected chi connectivity index (χ0v) is 22.5. The molecular formula is C23H36N8O5S. The third kappa shape index (κ3) is 5.31. The molecule has 0 bridgehead atoms. The molecule has 0 radical (unpaired) electrons. The van der Waals surface area contributed by atoms with Gasteiger partial charge in [0.1, 0.15) is 23.5 Å². The molecule has 1 aromatic heterocycles. The van der Waals surface area contributed by atoms with Gasteiger partial charge in [-0.2, -0.15) is 4.68 Å². The molecule has 1 saturated carbocycles. The molecule has 1 aliphatic carbocycles. The van der Waals surface area contributed by atoms with Crippen LogP contribution >= 0.6 is 11.8 Å². The van der Waals surface area contributed by atoms with Crippen molar-refractivity contribution in [2.75, 3.05) is 6.54 Å². The summed E-state index contributed by atoms with van der Waals surface area (Å²) in [6, 6.07) is -1.95. The third-order valence-electron chi connectivity index (χ3n) is 7.34. The van der Waals surface area contributed by atoms with E-state index in [0.29, 0.717) is 5.82 Å². The van der Waals surface area contributed by atoms with Gasteiger partial charge in [0.15, 0.2) is 12.1 Å². The molecule has 0 spiro atoms. The molecule has 204 valence electrons. The Bertz CT molecular complexity index is 1040. The van der Waals surface area contributed by atoms with E-state index in [0.717, 1.165) is 32.1 Å². The summed E-state index contributed by atoms with van der Waals surface area (Å²) in [5.74, 6) is -0.977. The number of β-lactam (4-membered cyclic amide) rings is 1. The minimum absolute atomic E-state index is 0.00731. The Kier molecular flexibility index (Phi) is 8.07. The van der Waals surface area contributed by atoms with Crippen LogP contribution in [-0.4, -0.2) is 77.5 Å². The Morgan fingerprint density at radius 3 is 2.59 bits per heavy atom. The highest BCUT2D eigenvalue weighted by Crippen LogP contribution is 2.57. The van der Waals surface area contributed by atoms with E-state index in [1.807, 2.05) is 13.8 Å². The van der Waals surface area contributed by atoms with Crippen LogP contribution in [-0.2, 0) is 23.9 Å². The minimum atomic E-state index is -0.744. The van der Waals surface area contributed by atoms with Gasteiger partial charge in [-0.25, -0.2) is 0 Å². The second-order valence-corrected chi connectivity index (χ2v) is 12.1. The van der Waals surface area contributed by atoms with Crippen molar-refractivity contribution in [3.05, 3.63) is 5.82 Å². The summed E-state index contributed by atoms with van der Waals surface area (Å²) in [6.07, 6.45) is 4.25. The lowest BCUT2D eigenvalue weighted by atomic mass is 9.83. The van der Waals surface area contributed by atoms with Crippen LogP contribution in [0.15, 0.2) is 0 Å². The van der Waals surface area contributed by atoms with Crippen LogP contribution < -0.4 is 16.4 Å². The first-order valence-corrected chi connectivity index (χ1v) is 13.7. The zero-order chi connectivity index (χ0) is 26.9. The number of hydrogen-bond donors (Lipinski definition) is 3. The van der Waals surface area contributed by atoms with Crippen molar-refractivity contribution in [1.82, 2.24) is 35.7 Å². The normalized spacial score (nSPS) is 26.6. The zero-order valence-electron chi connectivity index (χ0n) is 21.7. The van der Waals surface area contributed by atoms with Crippen molar-refractivity contribution in [1.29, 1.82) is 0 Å². The van der Waals surface area contributed by atoms with Crippen LogP contribution in [0.3, 0.4) is 0 Å². The van der Waals surface area contributed by atoms with Gasteiger partial charge in [0.2, 0.25) is 17.7 Å². The topological polar surface area (TPSA) is 174 Å². The van der Waals surface area contributed by atoms with Crippen molar-refractivity contribution >= 4 is 35.5 Å². The smallest absolute Gasteiger partial charge is 0.307 e. The SMILES string of the molecule is CCC(=O)OC(C)n1nnnc1C1N2C(=O)C(NC(=O)C(NC(=O)CN)C3CCCCC3)C2SC1(C)C. The first-order chi connectivity index (χ1) is 17.6. The van der Waals surface area contributed by atoms with Crippen molar-refractivity contribution in [2.24, 2.45) is 11.7 Å². The fraction of sp³-hybridized carbons (Fsp3) is 0.783. The molecule has 13 nitrogen and oxygen atoms in total. The third-order valence-corrected chi connectivity index (χ3v) is 8.91. The van der Waals surface area contributed by atoms with Gasteiger partial charge in [-0.15, -0.1) is 16.9 Å². The number of fused-ring (bicyclic) bond motifs is 1. The number of amides is 3. The summed E-state index contributed by atoms with van der Waals surface area (Å²) >= 11 is 1.55. The average molecular weight is 537 g/mol. The number of carbonyl (C=O) groups excluding carboxylic acids is 4. The van der Waals surface area contributed by atoms with E-state index in [-0.39, 0.29) is 42.0 Å². The summed E-state index contributed by atoms with van der Waals surface area (Å²) in [6.45, 7) is 7.13. The van der Waals surface area contributed by atoms with E-state index >= 15 is 0 Å². The Balaban J connectivity index is 1.50. The van der Waals surface area contributed by atoms with E-state index in [4.69, 9.17) is 10.5 Å². The molecule has 37 heavy (non-hydrogen) atoms. The quantitative estimate of drug-likeness (QED) is 0.296. The summed E-state index contributed by atoms with van der Waals surface area (Å²) in [5, 5.41) is 17.3. The van der Waals surface area contributed by atoms with Crippen LogP contribution in [0.2, 0.25) is 0 Å². The van der Waals surface area contributed by atoms with Gasteiger partial charge in [0.05, 0.1) is 6.54 Å². The summed E-state index contributed by atoms with van der Waals surface area (Å²) in [5.41, 5.74) is 5.49. The van der Waals surface area contributed by atoms with Gasteiger partial charge < -0.3 is 26.0 Å². The monoisotopic (exact) mass is 536 g/mol. The van der Waals surface area contributed by atoms with Gasteiger partial charge in [-0.3, -0.25) is 19.2 Å². The van der Waals surface area contributed by atoms with Crippen molar-refractivity contribution in [3.63, 3.8) is 0 Å². The lowest BCUT2D eigenvalue weighted by Gasteiger charge is -2.45. The molecule has 2 saturated heterocycles. The van der Waals surface area contributed by atoms with Gasteiger partial charge in [-0.1, -0.05) is 26.2 Å². The van der Waals surface area contributed by atoms with Crippen molar-refractivity contribution in [3.8, 4) is 0 Å². The number of aromatic nitrogens is 4. The number of carbonyl (C=O) groups is 4. The van der Waals surface area contributed by atoms with Gasteiger partial charge in [-0.05, 0) is 50.0 Å². The fourth-order valence-corrected chi connectivity index (χ4v) is 7.10. The second kappa shape index (κ2) is 10.9. The van der Waals surface area contributed by atoms with E-state index in [1.165, 1.54) is 4.68 Å². The summed E-state index contributed by atoms with van der Waals surface area (Å²) in [4.78, 5) is 52.3. The molecular weight excluding hydrogens is 500 g/mol. The Morgan fingerprint density at radius 2 is 1.95 bits per heavy atom. The number of tetrazole rings is 1. The van der Waals surface area contributed by atoms with Gasteiger partial charge in [0, 0.05) is 11.2 Å². The molecule has 1 aromatic rings. The lowest BCUT2D eigenvalue weighted by Crippen LogP contribution is -2.69. The predicted octanol–water partition coefficient (Wildman–Crippen LogP) is 0.388. The van der Waals surface area contributed by atoms with Crippen LogP contribution in [0.5, 0.6) is 0 Å². The number of thioether (sulfide) groups is 1. The molecule has 4 N–H and O–H groups in total. The molecule has 4 rings (SSSR count). The number of nitrogens with zero attached hydrogens (tertiary/aromatic N) is 5. The van der Waals surface area contributed by atoms with Crippen LogP contribution in [0.25, 0.3) is 0 Å².